The van der Waals surface area contributed by atoms with Crippen LogP contribution in [0.4, 0.5) is 13.2 Å². The number of benzene rings is 2. The maximum Gasteiger partial charge on any atom is 0.416 e. The van der Waals surface area contributed by atoms with Crippen LogP contribution in [0.25, 0.3) is 22.2 Å². The quantitative estimate of drug-likeness (QED) is 0.481. The largest absolute Gasteiger partial charge is 0.487 e. The van der Waals surface area contributed by atoms with Crippen molar-refractivity contribution in [2.45, 2.75) is 19.3 Å². The minimum Gasteiger partial charge on any atom is -0.487 e. The number of alkyl halides is 3. The molecule has 0 fully saturated rings. The second-order valence-electron chi connectivity index (χ2n) is 7.07. The fraction of sp³-hybridized carbons (Fsp3) is 0.182. The predicted octanol–water partition coefficient (Wildman–Crippen LogP) is 4.72. The number of aromatic nitrogens is 3. The fourth-order valence-electron chi connectivity index (χ4n) is 3.31. The zero-order valence-electron chi connectivity index (χ0n) is 16.4. The van der Waals surface area contributed by atoms with E-state index in [1.165, 1.54) is 12.1 Å². The number of hydrogen-bond donors (Lipinski definition) is 1. The van der Waals surface area contributed by atoms with Gasteiger partial charge in [-0.1, -0.05) is 12.1 Å². The van der Waals surface area contributed by atoms with Gasteiger partial charge in [-0.2, -0.15) is 18.3 Å². The lowest BCUT2D eigenvalue weighted by Crippen LogP contribution is -2.07. The SMILES string of the molecule is Cn1nc(-c2ccc(C(F)(F)F)cc2)cc1COc1ccc2ccn(CC(=O)O)c2c1. The van der Waals surface area contributed by atoms with Crippen LogP contribution in [0.5, 0.6) is 5.75 Å². The number of fused-ring (bicyclic) bond motifs is 1. The average molecular weight is 429 g/mol. The summed E-state index contributed by atoms with van der Waals surface area (Å²) in [7, 11) is 1.73. The Kier molecular flexibility index (Phi) is 5.18. The molecule has 4 rings (SSSR count). The molecule has 0 atom stereocenters. The molecule has 0 aliphatic heterocycles. The number of carbonyl (C=O) groups is 1. The van der Waals surface area contributed by atoms with Gasteiger partial charge >= 0.3 is 12.1 Å². The first-order chi connectivity index (χ1) is 14.7. The highest BCUT2D eigenvalue weighted by molar-refractivity contribution is 5.83. The molecule has 0 amide bonds. The summed E-state index contributed by atoms with van der Waals surface area (Å²) >= 11 is 0. The van der Waals surface area contributed by atoms with Crippen molar-refractivity contribution in [1.29, 1.82) is 0 Å². The minimum absolute atomic E-state index is 0.148. The first kappa shape index (κ1) is 20.5. The van der Waals surface area contributed by atoms with E-state index in [4.69, 9.17) is 9.84 Å². The van der Waals surface area contributed by atoms with Crippen molar-refractivity contribution in [3.63, 3.8) is 0 Å². The molecule has 2 heterocycles. The molecule has 4 aromatic rings. The number of hydrogen-bond acceptors (Lipinski definition) is 3. The molecule has 1 N–H and O–H groups in total. The maximum absolute atomic E-state index is 12.7. The maximum atomic E-state index is 12.7. The van der Waals surface area contributed by atoms with Gasteiger partial charge in [0.25, 0.3) is 0 Å². The predicted molar refractivity (Wildman–Crippen MR) is 108 cm³/mol. The Hall–Kier alpha value is -3.75. The van der Waals surface area contributed by atoms with E-state index < -0.39 is 17.7 Å². The van der Waals surface area contributed by atoms with Crippen LogP contribution in [0.15, 0.2) is 60.8 Å². The minimum atomic E-state index is -4.38. The number of aryl methyl sites for hydroxylation is 1. The summed E-state index contributed by atoms with van der Waals surface area (Å²) in [5.74, 6) is -0.371. The van der Waals surface area contributed by atoms with Crippen LogP contribution < -0.4 is 4.74 Å². The average Bonchev–Trinajstić information content (AvgIpc) is 3.28. The molecule has 0 saturated heterocycles. The van der Waals surface area contributed by atoms with Crippen LogP contribution in [-0.4, -0.2) is 25.4 Å². The highest BCUT2D eigenvalue weighted by atomic mass is 19.4. The topological polar surface area (TPSA) is 69.3 Å². The van der Waals surface area contributed by atoms with Crippen molar-refractivity contribution in [3.05, 3.63) is 72.1 Å². The monoisotopic (exact) mass is 429 g/mol. The van der Waals surface area contributed by atoms with E-state index in [1.54, 1.807) is 40.7 Å². The summed E-state index contributed by atoms with van der Waals surface area (Å²) in [6, 6.07) is 13.8. The summed E-state index contributed by atoms with van der Waals surface area (Å²) in [4.78, 5) is 11.0. The Labute approximate surface area is 175 Å². The molecule has 0 bridgehead atoms. The van der Waals surface area contributed by atoms with Gasteiger partial charge in [-0.15, -0.1) is 0 Å². The summed E-state index contributed by atoms with van der Waals surface area (Å²) in [6.07, 6.45) is -2.67. The van der Waals surface area contributed by atoms with Crippen molar-refractivity contribution in [2.24, 2.45) is 7.05 Å². The third-order valence-electron chi connectivity index (χ3n) is 4.92. The van der Waals surface area contributed by atoms with Crippen LogP contribution in [0, 0.1) is 0 Å². The molecular weight excluding hydrogens is 411 g/mol. The van der Waals surface area contributed by atoms with E-state index in [0.29, 0.717) is 17.0 Å². The van der Waals surface area contributed by atoms with Crippen LogP contribution in [0.1, 0.15) is 11.3 Å². The van der Waals surface area contributed by atoms with Gasteiger partial charge in [-0.05, 0) is 41.8 Å². The van der Waals surface area contributed by atoms with Crippen molar-refractivity contribution in [3.8, 4) is 17.0 Å². The summed E-state index contributed by atoms with van der Waals surface area (Å²) in [6.45, 7) is 0.0421. The Morgan fingerprint density at radius 1 is 1.10 bits per heavy atom. The Morgan fingerprint density at radius 3 is 2.52 bits per heavy atom. The molecule has 0 unspecified atom stereocenters. The van der Waals surface area contributed by atoms with Gasteiger partial charge in [0.2, 0.25) is 0 Å². The van der Waals surface area contributed by atoms with E-state index in [9.17, 15) is 18.0 Å². The molecule has 9 heteroatoms. The Bertz CT molecular complexity index is 1240. The molecule has 6 nitrogen and oxygen atoms in total. The highest BCUT2D eigenvalue weighted by Crippen LogP contribution is 2.31. The molecular formula is C22H18F3N3O3. The van der Waals surface area contributed by atoms with Crippen LogP contribution >= 0.6 is 0 Å². The van der Waals surface area contributed by atoms with Gasteiger partial charge in [0.15, 0.2) is 0 Å². The van der Waals surface area contributed by atoms with Crippen LogP contribution in [0.2, 0.25) is 0 Å². The van der Waals surface area contributed by atoms with Crippen molar-refractivity contribution >= 4 is 16.9 Å². The lowest BCUT2D eigenvalue weighted by molar-refractivity contribution is -0.138. The molecule has 2 aromatic carbocycles. The molecule has 160 valence electrons. The fourth-order valence-corrected chi connectivity index (χ4v) is 3.31. The highest BCUT2D eigenvalue weighted by Gasteiger charge is 2.30. The van der Waals surface area contributed by atoms with Gasteiger partial charge in [-0.25, -0.2) is 0 Å². The molecule has 0 saturated carbocycles. The number of nitrogens with zero attached hydrogens (tertiary/aromatic N) is 3. The number of carboxylic acid groups (broad SMARTS) is 1. The lowest BCUT2D eigenvalue weighted by atomic mass is 10.1. The van der Waals surface area contributed by atoms with E-state index in [0.717, 1.165) is 28.7 Å². The third-order valence-corrected chi connectivity index (χ3v) is 4.92. The number of ether oxygens (including phenoxy) is 1. The first-order valence-corrected chi connectivity index (χ1v) is 9.35. The summed E-state index contributed by atoms with van der Waals surface area (Å²) in [5, 5.41) is 14.3. The number of halogens is 3. The smallest absolute Gasteiger partial charge is 0.416 e. The third kappa shape index (κ3) is 4.40. The molecule has 0 spiro atoms. The van der Waals surface area contributed by atoms with E-state index in [1.807, 2.05) is 12.1 Å². The number of aliphatic carboxylic acids is 1. The normalized spacial score (nSPS) is 11.7. The van der Waals surface area contributed by atoms with E-state index in [2.05, 4.69) is 5.10 Å². The Morgan fingerprint density at radius 2 is 1.84 bits per heavy atom. The number of rotatable bonds is 6. The Balaban J connectivity index is 1.51. The van der Waals surface area contributed by atoms with Gasteiger partial charge in [0.05, 0.1) is 22.5 Å². The zero-order valence-corrected chi connectivity index (χ0v) is 16.4. The van der Waals surface area contributed by atoms with Gasteiger partial charge < -0.3 is 14.4 Å². The summed E-state index contributed by atoms with van der Waals surface area (Å²) in [5.41, 5.74) is 1.88. The van der Waals surface area contributed by atoms with Crippen molar-refractivity contribution in [2.75, 3.05) is 0 Å². The molecule has 0 radical (unpaired) electrons. The second-order valence-corrected chi connectivity index (χ2v) is 7.07. The molecule has 31 heavy (non-hydrogen) atoms. The van der Waals surface area contributed by atoms with Gasteiger partial charge in [0.1, 0.15) is 18.9 Å². The van der Waals surface area contributed by atoms with Crippen LogP contribution in [0.3, 0.4) is 0 Å². The zero-order chi connectivity index (χ0) is 22.2. The van der Waals surface area contributed by atoms with Gasteiger partial charge in [0, 0.05) is 24.9 Å². The summed E-state index contributed by atoms with van der Waals surface area (Å²) < 4.78 is 47.3. The molecule has 2 aromatic heterocycles. The molecule has 0 aliphatic carbocycles. The van der Waals surface area contributed by atoms with Crippen LogP contribution in [-0.2, 0) is 31.2 Å². The van der Waals surface area contributed by atoms with Crippen molar-refractivity contribution < 1.29 is 27.8 Å². The van der Waals surface area contributed by atoms with E-state index >= 15 is 0 Å². The second kappa shape index (κ2) is 7.82. The number of carboxylic acids is 1. The van der Waals surface area contributed by atoms with E-state index in [-0.39, 0.29) is 13.2 Å². The van der Waals surface area contributed by atoms with Gasteiger partial charge in [-0.3, -0.25) is 9.48 Å². The lowest BCUT2D eigenvalue weighted by Gasteiger charge is -2.08. The molecule has 0 aliphatic rings. The standard InChI is InChI=1S/C22H18F3N3O3/c1-27-17(10-19(26-27)14-2-5-16(6-3-14)22(23,24)25)13-31-18-7-4-15-8-9-28(12-21(29)30)20(15)11-18/h2-11H,12-13H2,1H3,(H,29,30). The first-order valence-electron chi connectivity index (χ1n) is 9.35. The van der Waals surface area contributed by atoms with Crippen molar-refractivity contribution in [1.82, 2.24) is 14.3 Å².